The summed E-state index contributed by atoms with van der Waals surface area (Å²) in [6.07, 6.45) is 6.76. The van der Waals surface area contributed by atoms with Crippen molar-refractivity contribution in [1.82, 2.24) is 15.3 Å². The molecule has 26 heavy (non-hydrogen) atoms. The van der Waals surface area contributed by atoms with Gasteiger partial charge in [-0.05, 0) is 67.9 Å². The first kappa shape index (κ1) is 16.5. The number of H-pyrrole nitrogens is 1. The lowest BCUT2D eigenvalue weighted by Crippen LogP contribution is -2.56. The molecule has 0 saturated heterocycles. The van der Waals surface area contributed by atoms with Crippen molar-refractivity contribution in [3.05, 3.63) is 18.2 Å². The molecule has 2 aromatic rings. The van der Waals surface area contributed by atoms with Gasteiger partial charge in [-0.15, -0.1) is 0 Å². The number of nitrogens with one attached hydrogen (secondary N) is 2. The van der Waals surface area contributed by atoms with E-state index in [1.807, 2.05) is 18.2 Å². The first-order valence-corrected chi connectivity index (χ1v) is 10.6. The van der Waals surface area contributed by atoms with Crippen molar-refractivity contribution in [2.75, 3.05) is 12.9 Å². The van der Waals surface area contributed by atoms with Crippen molar-refractivity contribution in [3.63, 3.8) is 0 Å². The Morgan fingerprint density at radius 3 is 2.65 bits per heavy atom. The predicted octanol–water partition coefficient (Wildman–Crippen LogP) is 3.60. The summed E-state index contributed by atoms with van der Waals surface area (Å²) >= 11 is 1.47. The van der Waals surface area contributed by atoms with Crippen molar-refractivity contribution in [2.24, 2.45) is 23.7 Å². The van der Waals surface area contributed by atoms with E-state index in [0.29, 0.717) is 11.8 Å². The zero-order valence-corrected chi connectivity index (χ0v) is 15.8. The van der Waals surface area contributed by atoms with Crippen LogP contribution in [0.15, 0.2) is 23.4 Å². The van der Waals surface area contributed by atoms with Gasteiger partial charge >= 0.3 is 0 Å². The van der Waals surface area contributed by atoms with Crippen molar-refractivity contribution in [3.8, 4) is 5.75 Å². The molecule has 0 spiro atoms. The number of hydrogen-bond acceptors (Lipinski definition) is 4. The molecule has 1 aromatic carbocycles. The van der Waals surface area contributed by atoms with Gasteiger partial charge in [-0.25, -0.2) is 4.98 Å². The Hall–Kier alpha value is -1.69. The molecule has 6 rings (SSSR count). The molecule has 6 heteroatoms. The predicted molar refractivity (Wildman–Crippen MR) is 102 cm³/mol. The van der Waals surface area contributed by atoms with Crippen LogP contribution in [0.1, 0.15) is 32.1 Å². The maximum atomic E-state index is 12.5. The number of carbonyl (C=O) groups excluding carboxylic acids is 1. The molecule has 1 aromatic heterocycles. The molecule has 4 aliphatic carbocycles. The van der Waals surface area contributed by atoms with Crippen molar-refractivity contribution < 1.29 is 9.53 Å². The minimum absolute atomic E-state index is 0.144. The van der Waals surface area contributed by atoms with Crippen LogP contribution in [-0.2, 0) is 4.79 Å². The van der Waals surface area contributed by atoms with E-state index in [2.05, 4.69) is 15.3 Å². The largest absolute Gasteiger partial charge is 0.497 e. The van der Waals surface area contributed by atoms with E-state index >= 15 is 0 Å². The summed E-state index contributed by atoms with van der Waals surface area (Å²) in [4.78, 5) is 20.4. The molecule has 2 N–H and O–H groups in total. The van der Waals surface area contributed by atoms with Crippen LogP contribution in [0.5, 0.6) is 5.75 Å². The van der Waals surface area contributed by atoms with E-state index in [1.54, 1.807) is 7.11 Å². The van der Waals surface area contributed by atoms with Crippen LogP contribution < -0.4 is 10.1 Å². The first-order chi connectivity index (χ1) is 12.7. The highest BCUT2D eigenvalue weighted by Crippen LogP contribution is 2.53. The van der Waals surface area contributed by atoms with Crippen LogP contribution in [-0.4, -0.2) is 34.8 Å². The van der Waals surface area contributed by atoms with E-state index in [4.69, 9.17) is 4.74 Å². The second kappa shape index (κ2) is 6.48. The maximum absolute atomic E-state index is 12.5. The maximum Gasteiger partial charge on any atom is 0.230 e. The Morgan fingerprint density at radius 1 is 1.23 bits per heavy atom. The first-order valence-electron chi connectivity index (χ1n) is 9.64. The fourth-order valence-corrected chi connectivity index (χ4v) is 6.38. The molecule has 4 aliphatic rings. The fourth-order valence-electron chi connectivity index (χ4n) is 5.68. The molecule has 1 heterocycles. The Balaban J connectivity index is 1.20. The Labute approximate surface area is 157 Å². The third-order valence-corrected chi connectivity index (χ3v) is 7.44. The van der Waals surface area contributed by atoms with E-state index in [-0.39, 0.29) is 5.91 Å². The zero-order valence-electron chi connectivity index (χ0n) is 15.0. The molecular weight excluding hydrogens is 346 g/mol. The number of thioether (sulfide) groups is 1. The second-order valence-corrected chi connectivity index (χ2v) is 9.20. The van der Waals surface area contributed by atoms with E-state index < -0.39 is 0 Å². The van der Waals surface area contributed by atoms with Gasteiger partial charge in [-0.3, -0.25) is 4.79 Å². The van der Waals surface area contributed by atoms with Crippen molar-refractivity contribution >= 4 is 28.7 Å². The number of hydrogen-bond donors (Lipinski definition) is 2. The summed E-state index contributed by atoms with van der Waals surface area (Å²) in [7, 11) is 1.65. The summed E-state index contributed by atoms with van der Waals surface area (Å²) in [5.41, 5.74) is 1.84. The number of ether oxygens (including phenoxy) is 1. The number of methoxy groups -OCH3 is 1. The SMILES string of the molecule is COc1ccc2nc(SCC(=O)NC3C4CC5CC(C4)CC3C5)[nH]c2c1. The number of carbonyl (C=O) groups is 1. The van der Waals surface area contributed by atoms with Gasteiger partial charge in [0.2, 0.25) is 5.91 Å². The van der Waals surface area contributed by atoms with Gasteiger partial charge in [0.05, 0.1) is 23.9 Å². The smallest absolute Gasteiger partial charge is 0.230 e. The van der Waals surface area contributed by atoms with Gasteiger partial charge in [-0.1, -0.05) is 11.8 Å². The normalized spacial score (nSPS) is 32.1. The highest BCUT2D eigenvalue weighted by Gasteiger charge is 2.48. The van der Waals surface area contributed by atoms with Crippen LogP contribution in [0.3, 0.4) is 0 Å². The standard InChI is InChI=1S/C20H25N3O2S/c1-25-15-2-3-16-17(9-15)22-20(21-16)26-10-18(24)23-19-13-5-11-4-12(7-13)8-14(19)6-11/h2-3,9,11-14,19H,4-8,10H2,1H3,(H,21,22)(H,23,24). The van der Waals surface area contributed by atoms with Crippen LogP contribution in [0.4, 0.5) is 0 Å². The van der Waals surface area contributed by atoms with Crippen LogP contribution >= 0.6 is 11.8 Å². The zero-order chi connectivity index (χ0) is 17.7. The Kier molecular flexibility index (Phi) is 4.11. The van der Waals surface area contributed by atoms with Crippen LogP contribution in [0.25, 0.3) is 11.0 Å². The molecule has 5 nitrogen and oxygen atoms in total. The molecule has 4 saturated carbocycles. The minimum Gasteiger partial charge on any atom is -0.497 e. The fraction of sp³-hybridized carbons (Fsp3) is 0.600. The lowest BCUT2D eigenvalue weighted by Gasteiger charge is -2.54. The van der Waals surface area contributed by atoms with Gasteiger partial charge in [0, 0.05) is 12.1 Å². The highest BCUT2D eigenvalue weighted by molar-refractivity contribution is 7.99. The Bertz CT molecular complexity index is 806. The topological polar surface area (TPSA) is 67.0 Å². The number of rotatable bonds is 5. The van der Waals surface area contributed by atoms with Gasteiger partial charge in [0.25, 0.3) is 0 Å². The Morgan fingerprint density at radius 2 is 1.96 bits per heavy atom. The molecular formula is C20H25N3O2S. The quantitative estimate of drug-likeness (QED) is 0.788. The number of fused-ring (bicyclic) bond motifs is 1. The summed E-state index contributed by atoms with van der Waals surface area (Å²) in [6, 6.07) is 6.18. The number of nitrogens with zero attached hydrogens (tertiary/aromatic N) is 1. The van der Waals surface area contributed by atoms with E-state index in [1.165, 1.54) is 43.9 Å². The molecule has 0 atom stereocenters. The molecule has 4 fully saturated rings. The average molecular weight is 372 g/mol. The number of aromatic nitrogens is 2. The van der Waals surface area contributed by atoms with Gasteiger partial charge in [0.15, 0.2) is 5.16 Å². The number of aromatic amines is 1. The van der Waals surface area contributed by atoms with Gasteiger partial charge in [-0.2, -0.15) is 0 Å². The average Bonchev–Trinajstić information content (AvgIpc) is 3.04. The monoisotopic (exact) mass is 371 g/mol. The molecule has 0 unspecified atom stereocenters. The van der Waals surface area contributed by atoms with Crippen molar-refractivity contribution in [1.29, 1.82) is 0 Å². The van der Waals surface area contributed by atoms with E-state index in [9.17, 15) is 4.79 Å². The highest BCUT2D eigenvalue weighted by atomic mass is 32.2. The van der Waals surface area contributed by atoms with Crippen LogP contribution in [0.2, 0.25) is 0 Å². The molecule has 1 amide bonds. The number of amides is 1. The second-order valence-electron chi connectivity index (χ2n) is 8.24. The summed E-state index contributed by atoms with van der Waals surface area (Å²) in [5.74, 6) is 4.68. The third-order valence-electron chi connectivity index (χ3n) is 6.56. The molecule has 0 radical (unpaired) electrons. The minimum atomic E-state index is 0.144. The van der Waals surface area contributed by atoms with Crippen molar-refractivity contribution in [2.45, 2.75) is 43.3 Å². The molecule has 138 valence electrons. The number of imidazole rings is 1. The third kappa shape index (κ3) is 2.98. The lowest BCUT2D eigenvalue weighted by molar-refractivity contribution is -0.122. The molecule has 0 aliphatic heterocycles. The van der Waals surface area contributed by atoms with Gasteiger partial charge in [0.1, 0.15) is 5.75 Å². The van der Waals surface area contributed by atoms with Crippen LogP contribution in [0, 0.1) is 23.7 Å². The summed E-state index contributed by atoms with van der Waals surface area (Å²) in [5, 5.41) is 4.15. The van der Waals surface area contributed by atoms with E-state index in [0.717, 1.165) is 45.6 Å². The summed E-state index contributed by atoms with van der Waals surface area (Å²) < 4.78 is 5.24. The van der Waals surface area contributed by atoms with Gasteiger partial charge < -0.3 is 15.0 Å². The number of benzene rings is 1. The lowest BCUT2D eigenvalue weighted by atomic mass is 9.54. The molecule has 4 bridgehead atoms. The summed E-state index contributed by atoms with van der Waals surface area (Å²) in [6.45, 7) is 0.